The average Bonchev–Trinajstić information content (AvgIpc) is 3.62. The Morgan fingerprint density at radius 3 is 2.15 bits per heavy atom. The topological polar surface area (TPSA) is 96.2 Å². The number of benzene rings is 4. The van der Waals surface area contributed by atoms with Crippen molar-refractivity contribution >= 4 is 38.3 Å². The summed E-state index contributed by atoms with van der Waals surface area (Å²) >= 11 is 6.06. The normalized spacial score (nSPS) is 20.4. The molecule has 252 valence electrons. The monoisotopic (exact) mass is 686 g/mol. The molecule has 2 saturated heterocycles. The summed E-state index contributed by atoms with van der Waals surface area (Å²) < 4.78 is 36.3. The molecule has 0 spiro atoms. The molecule has 1 aliphatic carbocycles. The van der Waals surface area contributed by atoms with E-state index in [4.69, 9.17) is 22.1 Å². The van der Waals surface area contributed by atoms with E-state index in [2.05, 4.69) is 29.2 Å². The Bertz CT molecular complexity index is 1850. The van der Waals surface area contributed by atoms with Crippen molar-refractivity contribution < 1.29 is 17.9 Å². The van der Waals surface area contributed by atoms with Gasteiger partial charge in [0.1, 0.15) is 11.8 Å². The van der Waals surface area contributed by atoms with Crippen molar-refractivity contribution in [1.82, 2.24) is 14.1 Å². The van der Waals surface area contributed by atoms with Gasteiger partial charge in [0.05, 0.1) is 11.0 Å². The van der Waals surface area contributed by atoms with Crippen LogP contribution in [-0.2, 0) is 21.4 Å². The SMILES string of the molecule is NC1CCN(C(=O)C2CN(Cc3ccc(-c4ccc(Cl)cc4)cc3)CCN2S(=O)(=O)c2ccc3cc(OC4CCCC4)ccc3c2)CC1. The standard InChI is InChI=1S/C38H43ClN4O4S/c39-32-13-9-29(10-14-32)28-7-5-27(6-8-28)25-41-21-22-43(37(26-41)38(44)42-19-17-33(40)18-20-42)48(45,46)36-16-12-30-23-35(15-11-31(30)24-36)47-34-3-1-2-4-34/h5-16,23-24,33-34,37H,1-4,17-22,25-26,40H2. The second kappa shape index (κ2) is 14.2. The van der Waals surface area contributed by atoms with Gasteiger partial charge in [0.25, 0.3) is 0 Å². The summed E-state index contributed by atoms with van der Waals surface area (Å²) in [6.45, 7) is 2.75. The third-order valence-electron chi connectivity index (χ3n) is 10.1. The fourth-order valence-electron chi connectivity index (χ4n) is 7.26. The zero-order valence-electron chi connectivity index (χ0n) is 27.1. The number of piperidine rings is 1. The Labute approximate surface area is 288 Å². The Balaban J connectivity index is 1.11. The van der Waals surface area contributed by atoms with E-state index < -0.39 is 16.1 Å². The number of piperazine rings is 1. The van der Waals surface area contributed by atoms with Crippen LogP contribution in [0.1, 0.15) is 44.1 Å². The van der Waals surface area contributed by atoms with Gasteiger partial charge in [-0.3, -0.25) is 9.69 Å². The second-order valence-corrected chi connectivity index (χ2v) is 15.8. The third kappa shape index (κ3) is 7.26. The van der Waals surface area contributed by atoms with Crippen molar-refractivity contribution in [2.24, 2.45) is 5.73 Å². The van der Waals surface area contributed by atoms with E-state index >= 15 is 0 Å². The van der Waals surface area contributed by atoms with Gasteiger partial charge in [-0.05, 0) is 102 Å². The van der Waals surface area contributed by atoms with Crippen LogP contribution in [0.25, 0.3) is 21.9 Å². The van der Waals surface area contributed by atoms with Crippen LogP contribution < -0.4 is 10.5 Å². The van der Waals surface area contributed by atoms with E-state index in [0.29, 0.717) is 50.6 Å². The maximum absolute atomic E-state index is 14.3. The van der Waals surface area contributed by atoms with Crippen molar-refractivity contribution in [3.8, 4) is 16.9 Å². The fraction of sp³-hybridized carbons (Fsp3) is 0.395. The lowest BCUT2D eigenvalue weighted by Crippen LogP contribution is -2.61. The highest BCUT2D eigenvalue weighted by Gasteiger charge is 2.42. The molecule has 1 amide bonds. The molecule has 2 aliphatic heterocycles. The number of nitrogens with zero attached hydrogens (tertiary/aromatic N) is 3. The van der Waals surface area contributed by atoms with Crippen molar-refractivity contribution in [1.29, 1.82) is 0 Å². The number of sulfonamides is 1. The number of carbonyl (C=O) groups excluding carboxylic acids is 1. The lowest BCUT2D eigenvalue weighted by molar-refractivity contribution is -0.138. The van der Waals surface area contributed by atoms with E-state index in [1.807, 2.05) is 48.5 Å². The first-order valence-corrected chi connectivity index (χ1v) is 18.9. The van der Waals surface area contributed by atoms with Gasteiger partial charge in [-0.2, -0.15) is 4.31 Å². The highest BCUT2D eigenvalue weighted by molar-refractivity contribution is 7.89. The van der Waals surface area contributed by atoms with Crippen LogP contribution >= 0.6 is 11.6 Å². The van der Waals surface area contributed by atoms with Crippen LogP contribution in [0.4, 0.5) is 0 Å². The predicted molar refractivity (Wildman–Crippen MR) is 190 cm³/mol. The summed E-state index contributed by atoms with van der Waals surface area (Å²) in [5.74, 6) is 0.662. The van der Waals surface area contributed by atoms with Crippen LogP contribution in [0.15, 0.2) is 89.8 Å². The van der Waals surface area contributed by atoms with Gasteiger partial charge in [-0.25, -0.2) is 8.42 Å². The Hall–Kier alpha value is -3.47. The first kappa shape index (κ1) is 33.0. The summed E-state index contributed by atoms with van der Waals surface area (Å²) in [5, 5.41) is 2.45. The van der Waals surface area contributed by atoms with E-state index in [9.17, 15) is 13.2 Å². The fourth-order valence-corrected chi connectivity index (χ4v) is 8.99. The molecule has 7 rings (SSSR count). The largest absolute Gasteiger partial charge is 0.490 e. The van der Waals surface area contributed by atoms with Gasteiger partial charge >= 0.3 is 0 Å². The number of hydrogen-bond donors (Lipinski definition) is 1. The molecule has 0 bridgehead atoms. The Morgan fingerprint density at radius 2 is 1.44 bits per heavy atom. The summed E-state index contributed by atoms with van der Waals surface area (Å²) in [7, 11) is -3.97. The number of likely N-dealkylation sites (tertiary alicyclic amines) is 1. The highest BCUT2D eigenvalue weighted by atomic mass is 35.5. The average molecular weight is 687 g/mol. The van der Waals surface area contributed by atoms with E-state index in [1.165, 1.54) is 17.1 Å². The molecule has 0 radical (unpaired) electrons. The minimum Gasteiger partial charge on any atom is -0.490 e. The molecule has 0 aromatic heterocycles. The first-order valence-electron chi connectivity index (χ1n) is 17.1. The third-order valence-corrected chi connectivity index (χ3v) is 12.2. The number of rotatable bonds is 8. The van der Waals surface area contributed by atoms with Crippen LogP contribution in [0.5, 0.6) is 5.75 Å². The summed E-state index contributed by atoms with van der Waals surface area (Å²) in [6, 6.07) is 26.4. The molecule has 2 N–H and O–H groups in total. The molecule has 1 unspecified atom stereocenters. The van der Waals surface area contributed by atoms with Crippen molar-refractivity contribution in [2.75, 3.05) is 32.7 Å². The number of halogens is 1. The minimum absolute atomic E-state index is 0.0641. The zero-order chi connectivity index (χ0) is 33.3. The maximum atomic E-state index is 14.3. The predicted octanol–water partition coefficient (Wildman–Crippen LogP) is 6.31. The summed E-state index contributed by atoms with van der Waals surface area (Å²) in [5.41, 5.74) is 9.42. The van der Waals surface area contributed by atoms with Crippen LogP contribution in [0.3, 0.4) is 0 Å². The first-order chi connectivity index (χ1) is 23.2. The summed E-state index contributed by atoms with van der Waals surface area (Å²) in [6.07, 6.45) is 6.21. The molecular weight excluding hydrogens is 644 g/mol. The smallest absolute Gasteiger partial charge is 0.243 e. The van der Waals surface area contributed by atoms with Crippen molar-refractivity contribution in [3.05, 3.63) is 95.5 Å². The molecule has 4 aromatic rings. The molecule has 3 aliphatic rings. The number of hydrogen-bond acceptors (Lipinski definition) is 6. The number of carbonyl (C=O) groups is 1. The molecule has 8 nitrogen and oxygen atoms in total. The second-order valence-electron chi connectivity index (χ2n) is 13.4. The number of nitrogens with two attached hydrogens (primary N) is 1. The molecule has 3 fully saturated rings. The van der Waals surface area contributed by atoms with E-state index in [-0.39, 0.29) is 29.5 Å². The molecule has 48 heavy (non-hydrogen) atoms. The molecule has 1 atom stereocenters. The van der Waals surface area contributed by atoms with Gasteiger partial charge in [0, 0.05) is 50.3 Å². The van der Waals surface area contributed by atoms with Crippen LogP contribution in [0.2, 0.25) is 5.02 Å². The molecule has 4 aromatic carbocycles. The van der Waals surface area contributed by atoms with Crippen molar-refractivity contribution in [3.63, 3.8) is 0 Å². The molecule has 1 saturated carbocycles. The van der Waals surface area contributed by atoms with Gasteiger partial charge in [-0.1, -0.05) is 60.1 Å². The number of ether oxygens (including phenoxy) is 1. The Morgan fingerprint density at radius 1 is 0.792 bits per heavy atom. The number of amides is 1. The van der Waals surface area contributed by atoms with E-state index in [0.717, 1.165) is 46.1 Å². The molecule has 2 heterocycles. The lowest BCUT2D eigenvalue weighted by Gasteiger charge is -2.42. The zero-order valence-corrected chi connectivity index (χ0v) is 28.7. The summed E-state index contributed by atoms with van der Waals surface area (Å²) in [4.78, 5) is 18.3. The van der Waals surface area contributed by atoms with Crippen molar-refractivity contribution in [2.45, 2.75) is 68.2 Å². The van der Waals surface area contributed by atoms with Crippen LogP contribution in [-0.4, -0.2) is 79.3 Å². The van der Waals surface area contributed by atoms with Gasteiger partial charge in [-0.15, -0.1) is 0 Å². The quantitative estimate of drug-likeness (QED) is 0.234. The van der Waals surface area contributed by atoms with Gasteiger partial charge < -0.3 is 15.4 Å². The van der Waals surface area contributed by atoms with Gasteiger partial charge in [0.2, 0.25) is 15.9 Å². The lowest BCUT2D eigenvalue weighted by atomic mass is 10.0. The highest BCUT2D eigenvalue weighted by Crippen LogP contribution is 2.31. The molecule has 10 heteroatoms. The number of fused-ring (bicyclic) bond motifs is 1. The van der Waals surface area contributed by atoms with Gasteiger partial charge in [0.15, 0.2) is 0 Å². The maximum Gasteiger partial charge on any atom is 0.243 e. The molecular formula is C38H43ClN4O4S. The van der Waals surface area contributed by atoms with E-state index in [1.54, 1.807) is 17.0 Å². The van der Waals surface area contributed by atoms with Crippen LogP contribution in [0, 0.1) is 0 Å². The minimum atomic E-state index is -3.97. The Kier molecular flexibility index (Phi) is 9.76.